The van der Waals surface area contributed by atoms with Crippen LogP contribution in [0.4, 0.5) is 0 Å². The molecule has 0 bridgehead atoms. The molecule has 0 aliphatic carbocycles. The molecule has 1 rings (SSSR count). The van der Waals surface area contributed by atoms with Crippen molar-refractivity contribution in [3.05, 3.63) is 0 Å². The van der Waals surface area contributed by atoms with Gasteiger partial charge in [0.25, 0.3) is 0 Å². The molecular formula is C6H10O8S. The molecule has 15 heavy (non-hydrogen) atoms. The fraction of sp³-hybridized carbons (Fsp3) is 0.833. The lowest BCUT2D eigenvalue weighted by Gasteiger charge is -2.12. The van der Waals surface area contributed by atoms with Gasteiger partial charge in [0.15, 0.2) is 6.29 Å². The third-order valence-corrected chi connectivity index (χ3v) is 2.35. The van der Waals surface area contributed by atoms with Crippen LogP contribution in [-0.2, 0) is 24.1 Å². The third-order valence-electron chi connectivity index (χ3n) is 1.91. The average Bonchev–Trinajstić information content (AvgIpc) is 2.40. The van der Waals surface area contributed by atoms with Crippen LogP contribution < -0.4 is 0 Å². The van der Waals surface area contributed by atoms with E-state index < -0.39 is 41.4 Å². The van der Waals surface area contributed by atoms with E-state index in [4.69, 9.17) is 9.29 Å². The molecule has 3 N–H and O–H groups in total. The van der Waals surface area contributed by atoms with Crippen LogP contribution in [0.1, 0.15) is 0 Å². The Hall–Kier alpha value is -0.580. The highest BCUT2D eigenvalue weighted by molar-refractivity contribution is 7.80. The van der Waals surface area contributed by atoms with Crippen molar-refractivity contribution in [3.8, 4) is 0 Å². The summed E-state index contributed by atoms with van der Waals surface area (Å²) in [5.74, 6) is 0. The van der Waals surface area contributed by atoms with Gasteiger partial charge < -0.3 is 19.7 Å². The highest BCUT2D eigenvalue weighted by Crippen LogP contribution is 2.20. The van der Waals surface area contributed by atoms with Gasteiger partial charge in [-0.05, 0) is 0 Å². The van der Waals surface area contributed by atoms with Crippen molar-refractivity contribution in [2.24, 2.45) is 0 Å². The van der Waals surface area contributed by atoms with Crippen molar-refractivity contribution >= 4 is 16.7 Å². The molecule has 0 spiro atoms. The van der Waals surface area contributed by atoms with Crippen LogP contribution in [-0.4, -0.2) is 60.5 Å². The quantitative estimate of drug-likeness (QED) is 0.364. The van der Waals surface area contributed by atoms with Gasteiger partial charge in [0, 0.05) is 0 Å². The molecule has 4 atom stereocenters. The van der Waals surface area contributed by atoms with Crippen LogP contribution in [0.2, 0.25) is 0 Å². The zero-order chi connectivity index (χ0) is 11.6. The number of carbonyl (C=O) groups is 1. The Morgan fingerprint density at radius 3 is 2.33 bits per heavy atom. The summed E-state index contributed by atoms with van der Waals surface area (Å²) in [5, 5.41) is 18.4. The Balaban J connectivity index is 2.55. The van der Waals surface area contributed by atoms with Gasteiger partial charge in [0.2, 0.25) is 0 Å². The minimum atomic E-state index is -4.64. The molecule has 88 valence electrons. The molecule has 8 nitrogen and oxygen atoms in total. The second-order valence-corrected chi connectivity index (χ2v) is 4.06. The van der Waals surface area contributed by atoms with Crippen molar-refractivity contribution in [1.29, 1.82) is 0 Å². The van der Waals surface area contributed by atoms with Crippen LogP contribution in [0.15, 0.2) is 0 Å². The Morgan fingerprint density at radius 2 is 1.93 bits per heavy atom. The molecule has 1 aliphatic heterocycles. The molecular weight excluding hydrogens is 232 g/mol. The van der Waals surface area contributed by atoms with E-state index in [-0.39, 0.29) is 6.29 Å². The predicted octanol–water partition coefficient (Wildman–Crippen LogP) is -2.51. The first-order valence-corrected chi connectivity index (χ1v) is 5.30. The van der Waals surface area contributed by atoms with E-state index in [0.29, 0.717) is 0 Å². The fourth-order valence-electron chi connectivity index (χ4n) is 1.18. The molecule has 0 saturated carbocycles. The van der Waals surface area contributed by atoms with E-state index in [0.717, 1.165) is 0 Å². The molecule has 1 aliphatic rings. The molecule has 0 aromatic rings. The van der Waals surface area contributed by atoms with E-state index in [1.54, 1.807) is 0 Å². The van der Waals surface area contributed by atoms with Crippen LogP contribution in [0.5, 0.6) is 0 Å². The van der Waals surface area contributed by atoms with Gasteiger partial charge in [-0.3, -0.25) is 4.55 Å². The number of aliphatic hydroxyl groups is 2. The predicted molar refractivity (Wildman–Crippen MR) is 44.2 cm³/mol. The Kier molecular flexibility index (Phi) is 3.76. The summed E-state index contributed by atoms with van der Waals surface area (Å²) in [5.41, 5.74) is 0. The summed E-state index contributed by atoms with van der Waals surface area (Å²) < 4.78 is 37.3. The van der Waals surface area contributed by atoms with Crippen LogP contribution in [0, 0.1) is 0 Å². The van der Waals surface area contributed by atoms with E-state index in [1.807, 2.05) is 0 Å². The SMILES string of the molecule is O=C[C@H]1O[C@H](COS(=O)(=O)O)[C@@H](O)[C@@H]1O. The summed E-state index contributed by atoms with van der Waals surface area (Å²) in [7, 11) is -4.64. The van der Waals surface area contributed by atoms with E-state index in [2.05, 4.69) is 4.18 Å². The summed E-state index contributed by atoms with van der Waals surface area (Å²) in [4.78, 5) is 10.3. The van der Waals surface area contributed by atoms with Gasteiger partial charge in [-0.15, -0.1) is 0 Å². The minimum Gasteiger partial charge on any atom is -0.387 e. The largest absolute Gasteiger partial charge is 0.397 e. The maximum atomic E-state index is 10.3. The van der Waals surface area contributed by atoms with Gasteiger partial charge in [0.1, 0.15) is 24.4 Å². The number of rotatable bonds is 4. The molecule has 0 aromatic heterocycles. The first-order valence-electron chi connectivity index (χ1n) is 3.94. The monoisotopic (exact) mass is 242 g/mol. The summed E-state index contributed by atoms with van der Waals surface area (Å²) >= 11 is 0. The molecule has 1 heterocycles. The van der Waals surface area contributed by atoms with E-state index >= 15 is 0 Å². The van der Waals surface area contributed by atoms with Crippen molar-refractivity contribution in [3.63, 3.8) is 0 Å². The lowest BCUT2D eigenvalue weighted by Crippen LogP contribution is -2.35. The molecule has 9 heteroatoms. The van der Waals surface area contributed by atoms with Gasteiger partial charge in [0.05, 0.1) is 6.61 Å². The highest BCUT2D eigenvalue weighted by atomic mass is 32.3. The maximum Gasteiger partial charge on any atom is 0.397 e. The van der Waals surface area contributed by atoms with Crippen molar-refractivity contribution in [2.45, 2.75) is 24.4 Å². The number of aldehydes is 1. The third kappa shape index (κ3) is 3.19. The van der Waals surface area contributed by atoms with Gasteiger partial charge in [-0.2, -0.15) is 8.42 Å². The Bertz CT molecular complexity index is 324. The van der Waals surface area contributed by atoms with E-state index in [9.17, 15) is 23.4 Å². The van der Waals surface area contributed by atoms with Crippen LogP contribution in [0.3, 0.4) is 0 Å². The summed E-state index contributed by atoms with van der Waals surface area (Å²) in [6, 6.07) is 0. The normalized spacial score (nSPS) is 36.7. The molecule has 0 radical (unpaired) electrons. The average molecular weight is 242 g/mol. The number of carbonyl (C=O) groups excluding carboxylic acids is 1. The highest BCUT2D eigenvalue weighted by Gasteiger charge is 2.43. The molecule has 0 unspecified atom stereocenters. The number of ether oxygens (including phenoxy) is 1. The molecule has 0 aromatic carbocycles. The van der Waals surface area contributed by atoms with Crippen LogP contribution in [0.25, 0.3) is 0 Å². The summed E-state index contributed by atoms with van der Waals surface area (Å²) in [6.45, 7) is -0.679. The number of hydrogen-bond acceptors (Lipinski definition) is 7. The topological polar surface area (TPSA) is 130 Å². The fourth-order valence-corrected chi connectivity index (χ4v) is 1.49. The van der Waals surface area contributed by atoms with Gasteiger partial charge in [-0.25, -0.2) is 4.18 Å². The first kappa shape index (κ1) is 12.5. The molecule has 0 amide bonds. The zero-order valence-electron chi connectivity index (χ0n) is 7.38. The van der Waals surface area contributed by atoms with Gasteiger partial charge >= 0.3 is 10.4 Å². The van der Waals surface area contributed by atoms with Crippen molar-refractivity contribution in [2.75, 3.05) is 6.61 Å². The summed E-state index contributed by atoms with van der Waals surface area (Å²) in [6.07, 6.45) is -5.01. The first-order chi connectivity index (χ1) is 6.85. The Labute approximate surface area is 85.4 Å². The van der Waals surface area contributed by atoms with Crippen LogP contribution >= 0.6 is 0 Å². The zero-order valence-corrected chi connectivity index (χ0v) is 8.20. The van der Waals surface area contributed by atoms with Gasteiger partial charge in [-0.1, -0.05) is 0 Å². The lowest BCUT2D eigenvalue weighted by atomic mass is 10.1. The lowest BCUT2D eigenvalue weighted by molar-refractivity contribution is -0.121. The molecule has 1 saturated heterocycles. The number of aliphatic hydroxyl groups excluding tert-OH is 2. The standard InChI is InChI=1S/C6H10O8S/c7-1-3-5(8)6(9)4(14-3)2-13-15(10,11)12/h1,3-6,8-9H,2H2,(H,10,11,12)/t3-,4-,5-,6-/m1/s1. The Morgan fingerprint density at radius 1 is 1.33 bits per heavy atom. The maximum absolute atomic E-state index is 10.3. The smallest absolute Gasteiger partial charge is 0.387 e. The van der Waals surface area contributed by atoms with E-state index in [1.165, 1.54) is 0 Å². The molecule has 1 fully saturated rings. The minimum absolute atomic E-state index is 0.279. The van der Waals surface area contributed by atoms with Crippen molar-refractivity contribution in [1.82, 2.24) is 0 Å². The van der Waals surface area contributed by atoms with Crippen molar-refractivity contribution < 1.29 is 36.9 Å². The second kappa shape index (κ2) is 4.51. The second-order valence-electron chi connectivity index (χ2n) is 2.97. The number of hydrogen-bond donors (Lipinski definition) is 3.